The molecule has 1 amide bonds. The van der Waals surface area contributed by atoms with Crippen LogP contribution in [0, 0.1) is 17.2 Å². The van der Waals surface area contributed by atoms with Gasteiger partial charge in [-0.2, -0.15) is 5.26 Å². The second kappa shape index (κ2) is 8.51. The van der Waals surface area contributed by atoms with Gasteiger partial charge in [0.25, 0.3) is 5.91 Å². The summed E-state index contributed by atoms with van der Waals surface area (Å²) in [5, 5.41) is 11.2. The second-order valence-electron chi connectivity index (χ2n) is 5.27. The number of hydrogen-bond donors (Lipinski definition) is 2. The van der Waals surface area contributed by atoms with Gasteiger partial charge in [0.05, 0.1) is 11.0 Å². The fraction of sp³-hybridized carbons (Fsp3) is 0.467. The number of nitrogens with zero attached hydrogens (tertiary/aromatic N) is 1. The van der Waals surface area contributed by atoms with Gasteiger partial charge in [-0.1, -0.05) is 13.8 Å². The SMILES string of the molecule is CC(C)CCNC(=O)c1ccc(S(=O)(=O)NCCC#N)cc1. The zero-order valence-corrected chi connectivity index (χ0v) is 13.6. The first-order valence-electron chi connectivity index (χ1n) is 7.11. The Morgan fingerprint density at radius 2 is 1.86 bits per heavy atom. The molecular weight excluding hydrogens is 302 g/mol. The van der Waals surface area contributed by atoms with E-state index >= 15 is 0 Å². The van der Waals surface area contributed by atoms with E-state index in [1.165, 1.54) is 24.3 Å². The Labute approximate surface area is 131 Å². The highest BCUT2D eigenvalue weighted by Gasteiger charge is 2.14. The first kappa shape index (κ1) is 18.1. The number of sulfonamides is 1. The van der Waals surface area contributed by atoms with Crippen LogP contribution in [0.5, 0.6) is 0 Å². The topological polar surface area (TPSA) is 99.1 Å². The van der Waals surface area contributed by atoms with Gasteiger partial charge < -0.3 is 5.32 Å². The summed E-state index contributed by atoms with van der Waals surface area (Å²) in [5.41, 5.74) is 0.416. The van der Waals surface area contributed by atoms with E-state index in [2.05, 4.69) is 23.9 Å². The van der Waals surface area contributed by atoms with Gasteiger partial charge >= 0.3 is 0 Å². The number of nitriles is 1. The number of nitrogens with one attached hydrogen (secondary N) is 2. The summed E-state index contributed by atoms with van der Waals surface area (Å²) in [7, 11) is -3.64. The van der Waals surface area contributed by atoms with Gasteiger partial charge in [-0.05, 0) is 36.6 Å². The molecular formula is C15H21N3O3S. The van der Waals surface area contributed by atoms with Crippen LogP contribution in [0.15, 0.2) is 29.2 Å². The standard InChI is InChI=1S/C15H21N3O3S/c1-12(2)8-11-17-15(19)13-4-6-14(7-5-13)22(20,21)18-10-3-9-16/h4-7,12,18H,3,8,10-11H2,1-2H3,(H,17,19). The lowest BCUT2D eigenvalue weighted by molar-refractivity contribution is 0.0952. The average Bonchev–Trinajstić information content (AvgIpc) is 2.47. The zero-order valence-electron chi connectivity index (χ0n) is 12.8. The Morgan fingerprint density at radius 3 is 2.41 bits per heavy atom. The molecule has 0 fully saturated rings. The molecule has 0 bridgehead atoms. The molecule has 0 atom stereocenters. The highest BCUT2D eigenvalue weighted by molar-refractivity contribution is 7.89. The van der Waals surface area contributed by atoms with Gasteiger partial charge in [-0.3, -0.25) is 4.79 Å². The van der Waals surface area contributed by atoms with Crippen molar-refractivity contribution in [3.8, 4) is 6.07 Å². The summed E-state index contributed by atoms with van der Waals surface area (Å²) in [4.78, 5) is 12.0. The van der Waals surface area contributed by atoms with E-state index in [0.717, 1.165) is 6.42 Å². The molecule has 0 aliphatic rings. The Balaban J connectivity index is 2.66. The molecule has 2 N–H and O–H groups in total. The van der Waals surface area contributed by atoms with Crippen molar-refractivity contribution in [1.82, 2.24) is 10.0 Å². The number of amides is 1. The van der Waals surface area contributed by atoms with Gasteiger partial charge in [-0.15, -0.1) is 0 Å². The van der Waals surface area contributed by atoms with Crippen LogP contribution in [0.3, 0.4) is 0 Å². The molecule has 0 saturated carbocycles. The maximum atomic E-state index is 11.9. The minimum Gasteiger partial charge on any atom is -0.352 e. The Bertz CT molecular complexity index is 631. The monoisotopic (exact) mass is 323 g/mol. The van der Waals surface area contributed by atoms with E-state index in [1.807, 2.05) is 6.07 Å². The minimum atomic E-state index is -3.64. The van der Waals surface area contributed by atoms with E-state index < -0.39 is 10.0 Å². The van der Waals surface area contributed by atoms with Gasteiger partial charge in [0.15, 0.2) is 0 Å². The summed E-state index contributed by atoms with van der Waals surface area (Å²) in [6, 6.07) is 7.58. The van der Waals surface area contributed by atoms with Crippen LogP contribution in [0.1, 0.15) is 37.0 Å². The summed E-state index contributed by atoms with van der Waals surface area (Å²) in [5.74, 6) is 0.286. The molecule has 0 unspecified atom stereocenters. The van der Waals surface area contributed by atoms with Crippen molar-refractivity contribution in [3.05, 3.63) is 29.8 Å². The normalized spacial score (nSPS) is 11.2. The van der Waals surface area contributed by atoms with Crippen molar-refractivity contribution < 1.29 is 13.2 Å². The number of carbonyl (C=O) groups excluding carboxylic acids is 1. The van der Waals surface area contributed by atoms with Crippen molar-refractivity contribution in [2.75, 3.05) is 13.1 Å². The van der Waals surface area contributed by atoms with E-state index in [1.54, 1.807) is 0 Å². The molecule has 1 rings (SSSR count). The van der Waals surface area contributed by atoms with Crippen LogP contribution in [-0.2, 0) is 10.0 Å². The van der Waals surface area contributed by atoms with Crippen LogP contribution < -0.4 is 10.0 Å². The quantitative estimate of drug-likeness (QED) is 0.711. The molecule has 0 aliphatic heterocycles. The van der Waals surface area contributed by atoms with Gasteiger partial charge in [0.2, 0.25) is 10.0 Å². The van der Waals surface area contributed by atoms with Gasteiger partial charge in [-0.25, -0.2) is 13.1 Å². The lowest BCUT2D eigenvalue weighted by atomic mass is 10.1. The zero-order chi connectivity index (χ0) is 16.6. The maximum absolute atomic E-state index is 11.9. The molecule has 0 radical (unpaired) electrons. The molecule has 6 nitrogen and oxygen atoms in total. The number of hydrogen-bond acceptors (Lipinski definition) is 4. The highest BCUT2D eigenvalue weighted by Crippen LogP contribution is 2.10. The van der Waals surface area contributed by atoms with E-state index in [0.29, 0.717) is 18.0 Å². The first-order valence-corrected chi connectivity index (χ1v) is 8.60. The molecule has 1 aromatic rings. The Kier molecular flexibility index (Phi) is 7.02. The van der Waals surface area contributed by atoms with E-state index in [9.17, 15) is 13.2 Å². The van der Waals surface area contributed by atoms with Crippen molar-refractivity contribution in [1.29, 1.82) is 5.26 Å². The third-order valence-corrected chi connectivity index (χ3v) is 4.44. The summed E-state index contributed by atoms with van der Waals surface area (Å²) in [6.45, 7) is 4.80. The van der Waals surface area contributed by atoms with Crippen LogP contribution in [0.4, 0.5) is 0 Å². The van der Waals surface area contributed by atoms with Crippen molar-refractivity contribution in [2.45, 2.75) is 31.6 Å². The smallest absolute Gasteiger partial charge is 0.251 e. The van der Waals surface area contributed by atoms with Gasteiger partial charge in [0.1, 0.15) is 0 Å². The molecule has 22 heavy (non-hydrogen) atoms. The molecule has 120 valence electrons. The van der Waals surface area contributed by atoms with Crippen LogP contribution in [-0.4, -0.2) is 27.4 Å². The van der Waals surface area contributed by atoms with Crippen molar-refractivity contribution >= 4 is 15.9 Å². The first-order chi connectivity index (χ1) is 10.4. The molecule has 0 spiro atoms. The van der Waals surface area contributed by atoms with Crippen LogP contribution in [0.25, 0.3) is 0 Å². The highest BCUT2D eigenvalue weighted by atomic mass is 32.2. The van der Waals surface area contributed by atoms with Crippen molar-refractivity contribution in [3.63, 3.8) is 0 Å². The Hall–Kier alpha value is -1.91. The van der Waals surface area contributed by atoms with Gasteiger partial charge in [0, 0.05) is 25.1 Å². The maximum Gasteiger partial charge on any atom is 0.251 e. The number of benzene rings is 1. The number of rotatable bonds is 8. The fourth-order valence-electron chi connectivity index (χ4n) is 1.69. The lowest BCUT2D eigenvalue weighted by Crippen LogP contribution is -2.26. The predicted octanol–water partition coefficient (Wildman–Crippen LogP) is 1.65. The second-order valence-corrected chi connectivity index (χ2v) is 7.04. The molecule has 7 heteroatoms. The lowest BCUT2D eigenvalue weighted by Gasteiger charge is -2.08. The molecule has 0 aromatic heterocycles. The third-order valence-electron chi connectivity index (χ3n) is 2.96. The molecule has 0 saturated heterocycles. The van der Waals surface area contributed by atoms with E-state index in [4.69, 9.17) is 5.26 Å². The molecule has 0 aliphatic carbocycles. The predicted molar refractivity (Wildman–Crippen MR) is 83.6 cm³/mol. The average molecular weight is 323 g/mol. The number of carbonyl (C=O) groups is 1. The summed E-state index contributed by atoms with van der Waals surface area (Å²) < 4.78 is 26.1. The molecule has 0 heterocycles. The third kappa shape index (κ3) is 5.84. The van der Waals surface area contributed by atoms with E-state index in [-0.39, 0.29) is 23.8 Å². The van der Waals surface area contributed by atoms with Crippen LogP contribution in [0.2, 0.25) is 0 Å². The fourth-order valence-corrected chi connectivity index (χ4v) is 2.72. The van der Waals surface area contributed by atoms with Crippen LogP contribution >= 0.6 is 0 Å². The molecule has 1 aromatic carbocycles. The minimum absolute atomic E-state index is 0.0657. The Morgan fingerprint density at radius 1 is 1.23 bits per heavy atom. The largest absolute Gasteiger partial charge is 0.352 e. The summed E-state index contributed by atoms with van der Waals surface area (Å²) in [6.07, 6.45) is 0.997. The summed E-state index contributed by atoms with van der Waals surface area (Å²) >= 11 is 0. The van der Waals surface area contributed by atoms with Crippen molar-refractivity contribution in [2.24, 2.45) is 5.92 Å².